The molecular formula is C15H15N3S. The molecule has 0 spiro atoms. The van der Waals surface area contributed by atoms with Crippen molar-refractivity contribution >= 4 is 22.4 Å². The molecule has 3 rings (SSSR count). The summed E-state index contributed by atoms with van der Waals surface area (Å²) in [5.74, 6) is 0. The first-order valence-corrected chi connectivity index (χ1v) is 7.30. The van der Waals surface area contributed by atoms with Gasteiger partial charge in [-0.2, -0.15) is 11.3 Å². The third-order valence-electron chi connectivity index (χ3n) is 3.02. The largest absolute Gasteiger partial charge is 0.313 e. The lowest BCUT2D eigenvalue weighted by molar-refractivity contribution is 0.726. The fraction of sp³-hybridized carbons (Fsp3) is 0.200. The number of hydrogen-bond donors (Lipinski definition) is 1. The number of pyridine rings is 2. The predicted octanol–water partition coefficient (Wildman–Crippen LogP) is 3.47. The van der Waals surface area contributed by atoms with Gasteiger partial charge in [0.05, 0.1) is 16.7 Å². The van der Waals surface area contributed by atoms with E-state index in [0.29, 0.717) is 0 Å². The molecule has 0 aliphatic rings. The van der Waals surface area contributed by atoms with Crippen molar-refractivity contribution < 1.29 is 0 Å². The number of rotatable bonds is 4. The lowest BCUT2D eigenvalue weighted by Gasteiger charge is -2.09. The molecule has 96 valence electrons. The molecule has 0 aromatic carbocycles. The van der Waals surface area contributed by atoms with E-state index in [0.717, 1.165) is 29.8 Å². The fourth-order valence-corrected chi connectivity index (χ4v) is 2.72. The summed E-state index contributed by atoms with van der Waals surface area (Å²) in [6, 6.07) is 8.19. The summed E-state index contributed by atoms with van der Waals surface area (Å²) in [5.41, 5.74) is 5.34. The number of nitrogens with one attached hydrogen (secondary N) is 1. The van der Waals surface area contributed by atoms with E-state index in [4.69, 9.17) is 4.98 Å². The Kier molecular flexibility index (Phi) is 3.53. The van der Waals surface area contributed by atoms with E-state index in [2.05, 4.69) is 40.1 Å². The highest BCUT2D eigenvalue weighted by atomic mass is 32.1. The van der Waals surface area contributed by atoms with Crippen molar-refractivity contribution in [3.8, 4) is 11.3 Å². The Morgan fingerprint density at radius 3 is 3.00 bits per heavy atom. The van der Waals surface area contributed by atoms with Gasteiger partial charge in [-0.05, 0) is 41.8 Å². The Hall–Kier alpha value is -1.78. The molecule has 0 aliphatic heterocycles. The van der Waals surface area contributed by atoms with Crippen LogP contribution in [-0.4, -0.2) is 16.5 Å². The second kappa shape index (κ2) is 5.47. The molecule has 3 aromatic heterocycles. The Balaban J connectivity index is 2.15. The van der Waals surface area contributed by atoms with Crippen molar-refractivity contribution in [2.75, 3.05) is 6.54 Å². The number of nitrogens with zero attached hydrogens (tertiary/aromatic N) is 2. The molecule has 0 fully saturated rings. The molecule has 0 atom stereocenters. The fourth-order valence-electron chi connectivity index (χ4n) is 2.08. The lowest BCUT2D eigenvalue weighted by atomic mass is 10.1. The zero-order valence-electron chi connectivity index (χ0n) is 10.8. The van der Waals surface area contributed by atoms with Gasteiger partial charge in [0, 0.05) is 23.7 Å². The highest BCUT2D eigenvalue weighted by molar-refractivity contribution is 7.08. The summed E-state index contributed by atoms with van der Waals surface area (Å²) in [6.45, 7) is 3.88. The first kappa shape index (κ1) is 12.3. The Morgan fingerprint density at radius 1 is 1.26 bits per heavy atom. The summed E-state index contributed by atoms with van der Waals surface area (Å²) in [5, 5.41) is 7.59. The molecule has 0 bridgehead atoms. The van der Waals surface area contributed by atoms with Gasteiger partial charge in [0.15, 0.2) is 0 Å². The van der Waals surface area contributed by atoms with E-state index in [1.54, 1.807) is 11.3 Å². The van der Waals surface area contributed by atoms with Crippen LogP contribution in [-0.2, 0) is 6.54 Å². The maximum Gasteiger partial charge on any atom is 0.0894 e. The molecule has 0 unspecified atom stereocenters. The Morgan fingerprint density at radius 2 is 2.21 bits per heavy atom. The molecule has 0 amide bonds. The molecule has 0 saturated carbocycles. The molecule has 4 heteroatoms. The maximum absolute atomic E-state index is 4.77. The van der Waals surface area contributed by atoms with Crippen molar-refractivity contribution in [1.29, 1.82) is 0 Å². The zero-order chi connectivity index (χ0) is 13.1. The van der Waals surface area contributed by atoms with Crippen LogP contribution in [0.5, 0.6) is 0 Å². The minimum Gasteiger partial charge on any atom is -0.313 e. The molecule has 0 radical (unpaired) electrons. The minimum absolute atomic E-state index is 0.821. The standard InChI is InChI=1S/C15H15N3S/c1-2-16-9-12-8-14-13(4-3-6-17-14)18-15(12)11-5-7-19-10-11/h3-8,10,16H,2,9H2,1H3. The van der Waals surface area contributed by atoms with E-state index in [9.17, 15) is 0 Å². The molecule has 19 heavy (non-hydrogen) atoms. The number of hydrogen-bond acceptors (Lipinski definition) is 4. The van der Waals surface area contributed by atoms with Crippen LogP contribution in [0.25, 0.3) is 22.3 Å². The zero-order valence-corrected chi connectivity index (χ0v) is 11.6. The van der Waals surface area contributed by atoms with Gasteiger partial charge < -0.3 is 5.32 Å². The van der Waals surface area contributed by atoms with Gasteiger partial charge in [-0.15, -0.1) is 0 Å². The highest BCUT2D eigenvalue weighted by Gasteiger charge is 2.09. The normalized spacial score (nSPS) is 11.0. The number of aromatic nitrogens is 2. The van der Waals surface area contributed by atoms with E-state index < -0.39 is 0 Å². The highest BCUT2D eigenvalue weighted by Crippen LogP contribution is 2.26. The molecule has 1 N–H and O–H groups in total. The van der Waals surface area contributed by atoms with E-state index in [-0.39, 0.29) is 0 Å². The Labute approximate surface area is 116 Å². The van der Waals surface area contributed by atoms with Gasteiger partial charge in [-0.3, -0.25) is 4.98 Å². The van der Waals surface area contributed by atoms with Crippen LogP contribution in [0.15, 0.2) is 41.2 Å². The van der Waals surface area contributed by atoms with Crippen LogP contribution < -0.4 is 5.32 Å². The van der Waals surface area contributed by atoms with Gasteiger partial charge in [0.1, 0.15) is 0 Å². The van der Waals surface area contributed by atoms with Crippen molar-refractivity contribution in [1.82, 2.24) is 15.3 Å². The summed E-state index contributed by atoms with van der Waals surface area (Å²) in [6.07, 6.45) is 1.81. The second-order valence-corrected chi connectivity index (χ2v) is 5.11. The molecule has 3 nitrogen and oxygen atoms in total. The van der Waals surface area contributed by atoms with Crippen molar-refractivity contribution in [3.05, 3.63) is 46.8 Å². The minimum atomic E-state index is 0.821. The third-order valence-corrected chi connectivity index (χ3v) is 3.71. The first-order valence-electron chi connectivity index (χ1n) is 6.36. The Bertz CT molecular complexity index is 677. The summed E-state index contributed by atoms with van der Waals surface area (Å²) in [4.78, 5) is 9.16. The van der Waals surface area contributed by atoms with Gasteiger partial charge in [-0.25, -0.2) is 4.98 Å². The van der Waals surface area contributed by atoms with Crippen molar-refractivity contribution in [2.24, 2.45) is 0 Å². The third kappa shape index (κ3) is 2.50. The first-order chi connectivity index (χ1) is 9.38. The molecule has 0 saturated heterocycles. The van der Waals surface area contributed by atoms with Crippen LogP contribution in [0.4, 0.5) is 0 Å². The van der Waals surface area contributed by atoms with Gasteiger partial charge in [0.2, 0.25) is 0 Å². The second-order valence-electron chi connectivity index (χ2n) is 4.33. The predicted molar refractivity (Wildman–Crippen MR) is 80.2 cm³/mol. The van der Waals surface area contributed by atoms with Crippen LogP contribution >= 0.6 is 11.3 Å². The summed E-state index contributed by atoms with van der Waals surface area (Å²) < 4.78 is 0. The van der Waals surface area contributed by atoms with Gasteiger partial charge >= 0.3 is 0 Å². The van der Waals surface area contributed by atoms with Gasteiger partial charge in [-0.1, -0.05) is 6.92 Å². The van der Waals surface area contributed by atoms with Gasteiger partial charge in [0.25, 0.3) is 0 Å². The summed E-state index contributed by atoms with van der Waals surface area (Å²) >= 11 is 1.70. The topological polar surface area (TPSA) is 37.8 Å². The van der Waals surface area contributed by atoms with Crippen LogP contribution in [0.3, 0.4) is 0 Å². The number of thiophene rings is 1. The SMILES string of the molecule is CCNCc1cc2ncccc2nc1-c1ccsc1. The van der Waals surface area contributed by atoms with E-state index >= 15 is 0 Å². The molecule has 0 aliphatic carbocycles. The molecule has 3 heterocycles. The monoisotopic (exact) mass is 269 g/mol. The maximum atomic E-state index is 4.77. The van der Waals surface area contributed by atoms with Crippen LogP contribution in [0.1, 0.15) is 12.5 Å². The average molecular weight is 269 g/mol. The van der Waals surface area contributed by atoms with Crippen LogP contribution in [0.2, 0.25) is 0 Å². The smallest absolute Gasteiger partial charge is 0.0894 e. The van der Waals surface area contributed by atoms with Crippen molar-refractivity contribution in [3.63, 3.8) is 0 Å². The van der Waals surface area contributed by atoms with E-state index in [1.807, 2.05) is 18.3 Å². The van der Waals surface area contributed by atoms with Crippen molar-refractivity contribution in [2.45, 2.75) is 13.5 Å². The van der Waals surface area contributed by atoms with Crippen LogP contribution in [0, 0.1) is 0 Å². The average Bonchev–Trinajstić information content (AvgIpc) is 2.98. The molecule has 3 aromatic rings. The quantitative estimate of drug-likeness (QED) is 0.788. The number of fused-ring (bicyclic) bond motifs is 1. The lowest BCUT2D eigenvalue weighted by Crippen LogP contribution is -2.13. The molecular weight excluding hydrogens is 254 g/mol. The van der Waals surface area contributed by atoms with E-state index in [1.165, 1.54) is 11.1 Å². The summed E-state index contributed by atoms with van der Waals surface area (Å²) in [7, 11) is 0.